The molecule has 0 aliphatic carbocycles. The highest BCUT2D eigenvalue weighted by Crippen LogP contribution is 2.22. The molecule has 3 aromatic carbocycles. The van der Waals surface area contributed by atoms with E-state index in [1.807, 2.05) is 75.4 Å². The van der Waals surface area contributed by atoms with Crippen LogP contribution in [0, 0.1) is 13.8 Å². The molecule has 4 nitrogen and oxygen atoms in total. The molecule has 3 rings (SSSR count). The summed E-state index contributed by atoms with van der Waals surface area (Å²) in [5.41, 5.74) is 4.75. The predicted octanol–water partition coefficient (Wildman–Crippen LogP) is 4.79. The van der Waals surface area contributed by atoms with E-state index in [9.17, 15) is 8.42 Å². The molecule has 0 aromatic heterocycles. The monoisotopic (exact) mass is 392 g/mol. The Bertz CT molecular complexity index is 1060. The zero-order valence-electron chi connectivity index (χ0n) is 16.3. The van der Waals surface area contributed by atoms with Crippen molar-refractivity contribution in [1.29, 1.82) is 0 Å². The minimum atomic E-state index is -3.74. The van der Waals surface area contributed by atoms with Gasteiger partial charge >= 0.3 is 0 Å². The highest BCUT2D eigenvalue weighted by molar-refractivity contribution is 7.89. The first-order chi connectivity index (χ1) is 13.4. The van der Waals surface area contributed by atoms with Gasteiger partial charge in [-0.3, -0.25) is 0 Å². The van der Waals surface area contributed by atoms with E-state index in [1.54, 1.807) is 24.3 Å². The fourth-order valence-electron chi connectivity index (χ4n) is 2.91. The van der Waals surface area contributed by atoms with Crippen molar-refractivity contribution in [3.8, 4) is 0 Å². The first-order valence-electron chi connectivity index (χ1n) is 9.15. The average Bonchev–Trinajstić information content (AvgIpc) is 2.70. The summed E-state index contributed by atoms with van der Waals surface area (Å²) < 4.78 is 25.3. The van der Waals surface area contributed by atoms with E-state index >= 15 is 0 Å². The second-order valence-corrected chi connectivity index (χ2v) is 8.56. The standard InChI is InChI=1S/C23H24N2O2S/c1-17-9-13-21(14-10-17)23(19(3)20-7-5-4-6-8-20)24-25-28(26,27)22-15-11-18(2)12-16-22/h4-16,19,25H,1-3H3. The van der Waals surface area contributed by atoms with Crippen LogP contribution in [0.1, 0.15) is 35.1 Å². The lowest BCUT2D eigenvalue weighted by Crippen LogP contribution is -2.23. The Labute approximate surface area is 167 Å². The van der Waals surface area contributed by atoms with Crippen molar-refractivity contribution in [3.05, 3.63) is 101 Å². The van der Waals surface area contributed by atoms with Gasteiger partial charge in [0.15, 0.2) is 0 Å². The Balaban J connectivity index is 1.98. The summed E-state index contributed by atoms with van der Waals surface area (Å²) in [5.74, 6) is -0.0791. The number of sulfonamides is 1. The molecule has 1 atom stereocenters. The van der Waals surface area contributed by atoms with E-state index in [0.29, 0.717) is 5.71 Å². The maximum atomic E-state index is 12.7. The maximum absolute atomic E-state index is 12.7. The number of hydrazone groups is 1. The van der Waals surface area contributed by atoms with Crippen LogP contribution < -0.4 is 4.83 Å². The van der Waals surface area contributed by atoms with Crippen LogP contribution in [-0.4, -0.2) is 14.1 Å². The van der Waals surface area contributed by atoms with Crippen molar-refractivity contribution in [2.24, 2.45) is 5.10 Å². The third-order valence-corrected chi connectivity index (χ3v) is 5.90. The number of hydrogen-bond acceptors (Lipinski definition) is 3. The molecule has 0 saturated heterocycles. The molecule has 0 saturated carbocycles. The van der Waals surface area contributed by atoms with Gasteiger partial charge in [0.1, 0.15) is 0 Å². The largest absolute Gasteiger partial charge is 0.276 e. The fourth-order valence-corrected chi connectivity index (χ4v) is 3.73. The number of aryl methyl sites for hydroxylation is 2. The Kier molecular flexibility index (Phi) is 5.95. The van der Waals surface area contributed by atoms with Gasteiger partial charge in [-0.1, -0.05) is 84.8 Å². The third-order valence-electron chi connectivity index (χ3n) is 4.67. The molecule has 28 heavy (non-hydrogen) atoms. The number of nitrogens with one attached hydrogen (secondary N) is 1. The first-order valence-corrected chi connectivity index (χ1v) is 10.6. The second kappa shape index (κ2) is 8.40. The molecule has 5 heteroatoms. The van der Waals surface area contributed by atoms with E-state index < -0.39 is 10.0 Å². The Morgan fingerprint density at radius 2 is 1.36 bits per heavy atom. The van der Waals surface area contributed by atoms with E-state index in [-0.39, 0.29) is 10.8 Å². The zero-order valence-corrected chi connectivity index (χ0v) is 17.1. The number of benzene rings is 3. The van der Waals surface area contributed by atoms with Gasteiger partial charge in [0, 0.05) is 5.92 Å². The normalized spacial score (nSPS) is 13.2. The zero-order chi connectivity index (χ0) is 20.1. The van der Waals surface area contributed by atoms with E-state index in [0.717, 1.165) is 22.3 Å². The van der Waals surface area contributed by atoms with Crippen molar-refractivity contribution in [1.82, 2.24) is 4.83 Å². The molecule has 144 valence electrons. The molecule has 0 heterocycles. The Morgan fingerprint density at radius 3 is 1.93 bits per heavy atom. The maximum Gasteiger partial charge on any atom is 0.276 e. The van der Waals surface area contributed by atoms with Gasteiger partial charge in [0.05, 0.1) is 10.6 Å². The molecule has 0 bridgehead atoms. The molecular weight excluding hydrogens is 368 g/mol. The van der Waals surface area contributed by atoms with Gasteiger partial charge in [-0.25, -0.2) is 0 Å². The SMILES string of the molecule is Cc1ccc(C(=NNS(=O)(=O)c2ccc(C)cc2)C(C)c2ccccc2)cc1. The molecule has 0 aliphatic heterocycles. The highest BCUT2D eigenvalue weighted by atomic mass is 32.2. The Hall–Kier alpha value is -2.92. The minimum absolute atomic E-state index is 0.0791. The number of rotatable bonds is 6. The quantitative estimate of drug-likeness (QED) is 0.484. The van der Waals surface area contributed by atoms with Crippen LogP contribution in [0.3, 0.4) is 0 Å². The summed E-state index contributed by atoms with van der Waals surface area (Å²) in [7, 11) is -3.74. The Morgan fingerprint density at radius 1 is 0.821 bits per heavy atom. The van der Waals surface area contributed by atoms with Crippen molar-refractivity contribution < 1.29 is 8.42 Å². The predicted molar refractivity (Wildman–Crippen MR) is 114 cm³/mol. The van der Waals surface area contributed by atoms with E-state index in [2.05, 4.69) is 9.93 Å². The van der Waals surface area contributed by atoms with Crippen LogP contribution in [0.25, 0.3) is 0 Å². The van der Waals surface area contributed by atoms with Gasteiger partial charge in [-0.2, -0.15) is 18.4 Å². The molecule has 3 aromatic rings. The van der Waals surface area contributed by atoms with Gasteiger partial charge in [0.2, 0.25) is 0 Å². The number of nitrogens with zero attached hydrogens (tertiary/aromatic N) is 1. The molecule has 0 fully saturated rings. The summed E-state index contributed by atoms with van der Waals surface area (Å²) in [5, 5.41) is 4.35. The van der Waals surface area contributed by atoms with Crippen molar-refractivity contribution in [2.75, 3.05) is 0 Å². The number of hydrogen-bond donors (Lipinski definition) is 1. The highest BCUT2D eigenvalue weighted by Gasteiger charge is 2.18. The lowest BCUT2D eigenvalue weighted by molar-refractivity contribution is 0.584. The summed E-state index contributed by atoms with van der Waals surface area (Å²) in [4.78, 5) is 2.61. The molecule has 0 aliphatic rings. The van der Waals surface area contributed by atoms with Crippen LogP contribution >= 0.6 is 0 Å². The third kappa shape index (κ3) is 4.67. The lowest BCUT2D eigenvalue weighted by atomic mass is 9.91. The van der Waals surface area contributed by atoms with Gasteiger partial charge in [-0.15, -0.1) is 0 Å². The molecule has 1 N–H and O–H groups in total. The molecule has 0 spiro atoms. The summed E-state index contributed by atoms with van der Waals surface area (Å²) in [6, 6.07) is 24.6. The van der Waals surface area contributed by atoms with Crippen LogP contribution in [0.2, 0.25) is 0 Å². The van der Waals surface area contributed by atoms with Crippen LogP contribution in [0.15, 0.2) is 88.9 Å². The van der Waals surface area contributed by atoms with Crippen molar-refractivity contribution >= 4 is 15.7 Å². The van der Waals surface area contributed by atoms with Gasteiger partial charge in [-0.05, 0) is 37.1 Å². The lowest BCUT2D eigenvalue weighted by Gasteiger charge is -2.16. The average molecular weight is 393 g/mol. The summed E-state index contributed by atoms with van der Waals surface area (Å²) in [6.07, 6.45) is 0. The summed E-state index contributed by atoms with van der Waals surface area (Å²) >= 11 is 0. The van der Waals surface area contributed by atoms with Crippen LogP contribution in [0.5, 0.6) is 0 Å². The van der Waals surface area contributed by atoms with Crippen LogP contribution in [-0.2, 0) is 10.0 Å². The molecule has 0 radical (unpaired) electrons. The minimum Gasteiger partial charge on any atom is -0.200 e. The topological polar surface area (TPSA) is 58.5 Å². The van der Waals surface area contributed by atoms with Crippen molar-refractivity contribution in [3.63, 3.8) is 0 Å². The van der Waals surface area contributed by atoms with Crippen molar-refractivity contribution in [2.45, 2.75) is 31.6 Å². The van der Waals surface area contributed by atoms with E-state index in [1.165, 1.54) is 0 Å². The van der Waals surface area contributed by atoms with Gasteiger partial charge < -0.3 is 0 Å². The van der Waals surface area contributed by atoms with Gasteiger partial charge in [0.25, 0.3) is 10.0 Å². The molecule has 0 amide bonds. The summed E-state index contributed by atoms with van der Waals surface area (Å²) in [6.45, 7) is 5.95. The first kappa shape index (κ1) is 19.8. The second-order valence-electron chi connectivity index (χ2n) is 6.90. The smallest absolute Gasteiger partial charge is 0.200 e. The van der Waals surface area contributed by atoms with Crippen LogP contribution in [0.4, 0.5) is 0 Å². The molecular formula is C23H24N2O2S. The molecule has 1 unspecified atom stereocenters. The fraction of sp³-hybridized carbons (Fsp3) is 0.174. The van der Waals surface area contributed by atoms with E-state index in [4.69, 9.17) is 0 Å².